The Morgan fingerprint density at radius 2 is 1.89 bits per heavy atom. The molecule has 0 fully saturated rings. The summed E-state index contributed by atoms with van der Waals surface area (Å²) in [6, 6.07) is 10.9. The summed E-state index contributed by atoms with van der Waals surface area (Å²) in [5.74, 6) is 1.07. The van der Waals surface area contributed by atoms with E-state index in [0.29, 0.717) is 5.02 Å². The second-order valence-corrected chi connectivity index (χ2v) is 5.61. The Morgan fingerprint density at radius 1 is 1.11 bits per heavy atom. The quantitative estimate of drug-likeness (QED) is 0.741. The number of imidazole rings is 1. The van der Waals surface area contributed by atoms with Crippen LogP contribution in [0.2, 0.25) is 5.02 Å². The first-order valence-corrected chi connectivity index (χ1v) is 7.12. The lowest BCUT2D eigenvalue weighted by Crippen LogP contribution is -1.79. The minimum Gasteiger partial charge on any atom is -0.508 e. The first kappa shape index (κ1) is 12.4. The Hall–Kier alpha value is -1.65. The Balaban J connectivity index is 1.76. The number of phenols is 1. The minimum atomic E-state index is 0.284. The van der Waals surface area contributed by atoms with Crippen LogP contribution in [0.1, 0.15) is 5.69 Å². The molecule has 0 saturated carbocycles. The summed E-state index contributed by atoms with van der Waals surface area (Å²) in [6.45, 7) is 0. The van der Waals surface area contributed by atoms with Crippen LogP contribution < -0.4 is 0 Å². The predicted octanol–water partition coefficient (Wildman–Crippen LogP) is 3.99. The molecule has 2 aromatic heterocycles. The van der Waals surface area contributed by atoms with Crippen molar-refractivity contribution in [2.24, 2.45) is 0 Å². The third-order valence-electron chi connectivity index (χ3n) is 2.69. The second kappa shape index (κ2) is 5.15. The van der Waals surface area contributed by atoms with Crippen LogP contribution in [0.15, 0.2) is 53.7 Å². The van der Waals surface area contributed by atoms with Crippen molar-refractivity contribution >= 4 is 29.0 Å². The minimum absolute atomic E-state index is 0.284. The molecule has 0 amide bonds. The Bertz CT molecular complexity index is 709. The molecule has 0 aliphatic rings. The van der Waals surface area contributed by atoms with E-state index >= 15 is 0 Å². The second-order valence-electron chi connectivity index (χ2n) is 4.13. The van der Waals surface area contributed by atoms with E-state index in [2.05, 4.69) is 4.98 Å². The summed E-state index contributed by atoms with van der Waals surface area (Å²) >= 11 is 7.62. The van der Waals surface area contributed by atoms with E-state index in [0.717, 1.165) is 22.0 Å². The third kappa shape index (κ3) is 2.85. The van der Waals surface area contributed by atoms with Gasteiger partial charge in [0, 0.05) is 23.0 Å². The molecule has 96 valence electrons. The fourth-order valence-electron chi connectivity index (χ4n) is 1.79. The lowest BCUT2D eigenvalue weighted by molar-refractivity contribution is 0.475. The van der Waals surface area contributed by atoms with Crippen LogP contribution in [0.25, 0.3) is 5.65 Å². The first-order valence-electron chi connectivity index (χ1n) is 5.76. The number of phenolic OH excluding ortho intramolecular Hbond substituents is 1. The molecule has 1 aromatic carbocycles. The molecule has 0 radical (unpaired) electrons. The molecule has 5 heteroatoms. The molecule has 1 N–H and O–H groups in total. The van der Waals surface area contributed by atoms with Crippen LogP contribution >= 0.6 is 23.4 Å². The van der Waals surface area contributed by atoms with Crippen LogP contribution in [-0.4, -0.2) is 14.5 Å². The van der Waals surface area contributed by atoms with Crippen LogP contribution in [0.3, 0.4) is 0 Å². The van der Waals surface area contributed by atoms with Crippen LogP contribution in [0.4, 0.5) is 0 Å². The van der Waals surface area contributed by atoms with Crippen molar-refractivity contribution in [3.8, 4) is 5.75 Å². The highest BCUT2D eigenvalue weighted by atomic mass is 35.5. The molecule has 0 bridgehead atoms. The largest absolute Gasteiger partial charge is 0.508 e. The monoisotopic (exact) mass is 290 g/mol. The van der Waals surface area contributed by atoms with Gasteiger partial charge in [-0.25, -0.2) is 4.98 Å². The van der Waals surface area contributed by atoms with E-state index in [1.807, 2.05) is 41.1 Å². The molecule has 2 heterocycles. The SMILES string of the molecule is Oc1ccc(SCc2cn3cc(Cl)ccc3n2)cc1. The van der Waals surface area contributed by atoms with Gasteiger partial charge in [-0.05, 0) is 36.4 Å². The number of aromatic nitrogens is 2. The van der Waals surface area contributed by atoms with Crippen molar-refractivity contribution in [1.29, 1.82) is 0 Å². The summed E-state index contributed by atoms with van der Waals surface area (Å²) in [7, 11) is 0. The normalized spacial score (nSPS) is 11.0. The lowest BCUT2D eigenvalue weighted by Gasteiger charge is -1.98. The number of aromatic hydroxyl groups is 1. The maximum atomic E-state index is 9.23. The van der Waals surface area contributed by atoms with E-state index < -0.39 is 0 Å². The van der Waals surface area contributed by atoms with Gasteiger partial charge in [-0.1, -0.05) is 11.6 Å². The van der Waals surface area contributed by atoms with Crippen molar-refractivity contribution in [2.45, 2.75) is 10.6 Å². The van der Waals surface area contributed by atoms with Crippen molar-refractivity contribution in [1.82, 2.24) is 9.38 Å². The number of rotatable bonds is 3. The van der Waals surface area contributed by atoms with Gasteiger partial charge in [-0.15, -0.1) is 11.8 Å². The maximum Gasteiger partial charge on any atom is 0.137 e. The van der Waals surface area contributed by atoms with Crippen molar-refractivity contribution < 1.29 is 5.11 Å². The number of pyridine rings is 1. The topological polar surface area (TPSA) is 37.5 Å². The highest BCUT2D eigenvalue weighted by Crippen LogP contribution is 2.24. The summed E-state index contributed by atoms with van der Waals surface area (Å²) in [6.07, 6.45) is 3.83. The van der Waals surface area contributed by atoms with Crippen molar-refractivity contribution in [2.75, 3.05) is 0 Å². The summed E-state index contributed by atoms with van der Waals surface area (Å²) in [5.41, 5.74) is 1.89. The van der Waals surface area contributed by atoms with Gasteiger partial charge in [0.05, 0.1) is 10.7 Å². The summed E-state index contributed by atoms with van der Waals surface area (Å²) in [5, 5.41) is 9.92. The molecule has 3 aromatic rings. The van der Waals surface area contributed by atoms with E-state index in [1.54, 1.807) is 23.9 Å². The molecular weight excluding hydrogens is 280 g/mol. The van der Waals surface area contributed by atoms with Gasteiger partial charge in [0.1, 0.15) is 11.4 Å². The fraction of sp³-hybridized carbons (Fsp3) is 0.0714. The van der Waals surface area contributed by atoms with Crippen LogP contribution in [-0.2, 0) is 5.75 Å². The maximum absolute atomic E-state index is 9.23. The number of benzene rings is 1. The van der Waals surface area contributed by atoms with Gasteiger partial charge in [-0.2, -0.15) is 0 Å². The molecule has 0 aliphatic carbocycles. The highest BCUT2D eigenvalue weighted by molar-refractivity contribution is 7.98. The number of fused-ring (bicyclic) bond motifs is 1. The number of hydrogen-bond acceptors (Lipinski definition) is 3. The summed E-state index contributed by atoms with van der Waals surface area (Å²) in [4.78, 5) is 5.63. The van der Waals surface area contributed by atoms with E-state index in [1.165, 1.54) is 0 Å². The first-order chi connectivity index (χ1) is 9.20. The average Bonchev–Trinajstić information content (AvgIpc) is 2.80. The zero-order valence-electron chi connectivity index (χ0n) is 9.95. The standard InChI is InChI=1S/C14H11ClN2OS/c15-10-1-6-14-16-11(8-17(14)7-10)9-19-13-4-2-12(18)3-5-13/h1-8,18H,9H2. The van der Waals surface area contributed by atoms with Gasteiger partial charge in [0.15, 0.2) is 0 Å². The Kier molecular flexibility index (Phi) is 3.36. The van der Waals surface area contributed by atoms with Crippen molar-refractivity contribution in [3.63, 3.8) is 0 Å². The smallest absolute Gasteiger partial charge is 0.137 e. The molecular formula is C14H11ClN2OS. The van der Waals surface area contributed by atoms with Gasteiger partial charge in [-0.3, -0.25) is 0 Å². The zero-order valence-corrected chi connectivity index (χ0v) is 11.5. The van der Waals surface area contributed by atoms with E-state index in [9.17, 15) is 5.11 Å². The van der Waals surface area contributed by atoms with Gasteiger partial charge in [0.2, 0.25) is 0 Å². The zero-order chi connectivity index (χ0) is 13.2. The molecule has 0 aliphatic heterocycles. The van der Waals surface area contributed by atoms with Gasteiger partial charge in [0.25, 0.3) is 0 Å². The number of halogens is 1. The fourth-order valence-corrected chi connectivity index (χ4v) is 2.74. The Labute approximate surface area is 119 Å². The molecule has 0 saturated heterocycles. The van der Waals surface area contributed by atoms with Crippen LogP contribution in [0, 0.1) is 0 Å². The molecule has 3 nitrogen and oxygen atoms in total. The van der Waals surface area contributed by atoms with E-state index in [-0.39, 0.29) is 5.75 Å². The van der Waals surface area contributed by atoms with Crippen molar-refractivity contribution in [3.05, 3.63) is 59.5 Å². The van der Waals surface area contributed by atoms with Gasteiger partial charge < -0.3 is 9.51 Å². The number of nitrogens with zero attached hydrogens (tertiary/aromatic N) is 2. The number of hydrogen-bond donors (Lipinski definition) is 1. The van der Waals surface area contributed by atoms with Crippen LogP contribution in [0.5, 0.6) is 5.75 Å². The van der Waals surface area contributed by atoms with Gasteiger partial charge >= 0.3 is 0 Å². The summed E-state index contributed by atoms with van der Waals surface area (Å²) < 4.78 is 1.93. The predicted molar refractivity (Wildman–Crippen MR) is 77.9 cm³/mol. The molecule has 0 atom stereocenters. The molecule has 0 unspecified atom stereocenters. The molecule has 3 rings (SSSR count). The molecule has 19 heavy (non-hydrogen) atoms. The van der Waals surface area contributed by atoms with E-state index in [4.69, 9.17) is 11.6 Å². The highest BCUT2D eigenvalue weighted by Gasteiger charge is 2.03. The molecule has 0 spiro atoms. The lowest BCUT2D eigenvalue weighted by atomic mass is 10.3. The number of thioether (sulfide) groups is 1. The third-order valence-corrected chi connectivity index (χ3v) is 3.96. The Morgan fingerprint density at radius 3 is 2.68 bits per heavy atom. The average molecular weight is 291 g/mol.